The molecule has 0 aliphatic carbocycles. The average Bonchev–Trinajstić information content (AvgIpc) is 2.57. The Bertz CT molecular complexity index is 878. The van der Waals surface area contributed by atoms with E-state index in [1.54, 1.807) is 30.3 Å². The molecule has 26 heavy (non-hydrogen) atoms. The van der Waals surface area contributed by atoms with Crippen molar-refractivity contribution in [3.8, 4) is 5.75 Å². The van der Waals surface area contributed by atoms with E-state index in [4.69, 9.17) is 17.3 Å². The van der Waals surface area contributed by atoms with Gasteiger partial charge in [-0.2, -0.15) is 0 Å². The number of phenols is 1. The van der Waals surface area contributed by atoms with Gasteiger partial charge >= 0.3 is 0 Å². The monoisotopic (exact) mass is 373 g/mol. The summed E-state index contributed by atoms with van der Waals surface area (Å²) in [4.78, 5) is 24.1. The Morgan fingerprint density at radius 2 is 1.88 bits per heavy atom. The molecular formula is C19H20ClN3O3. The van der Waals surface area contributed by atoms with Crippen molar-refractivity contribution in [1.82, 2.24) is 0 Å². The first-order valence-corrected chi connectivity index (χ1v) is 8.35. The number of amides is 2. The summed E-state index contributed by atoms with van der Waals surface area (Å²) in [7, 11) is 0. The van der Waals surface area contributed by atoms with Crippen molar-refractivity contribution in [1.29, 1.82) is 0 Å². The third kappa shape index (κ3) is 4.77. The van der Waals surface area contributed by atoms with Gasteiger partial charge in [-0.3, -0.25) is 9.59 Å². The summed E-state index contributed by atoms with van der Waals surface area (Å²) >= 11 is 6.03. The highest BCUT2D eigenvalue weighted by molar-refractivity contribution is 6.32. The van der Waals surface area contributed by atoms with Gasteiger partial charge in [0.25, 0.3) is 11.8 Å². The maximum absolute atomic E-state index is 12.4. The van der Waals surface area contributed by atoms with E-state index >= 15 is 0 Å². The minimum absolute atomic E-state index is 0.0756. The third-order valence-corrected chi connectivity index (χ3v) is 4.06. The fraction of sp³-hybridized carbons (Fsp3) is 0.158. The molecule has 0 heterocycles. The van der Waals surface area contributed by atoms with E-state index in [9.17, 15) is 14.7 Å². The molecule has 0 atom stereocenters. The first-order valence-electron chi connectivity index (χ1n) is 7.97. The number of carbonyl (C=O) groups excluding carboxylic acids is 2. The quantitative estimate of drug-likeness (QED) is 0.354. The Hall–Kier alpha value is -2.99. The van der Waals surface area contributed by atoms with Crippen LogP contribution in [0.25, 0.3) is 6.08 Å². The van der Waals surface area contributed by atoms with Crippen molar-refractivity contribution in [3.63, 3.8) is 0 Å². The number of carbonyl (C=O) groups is 2. The van der Waals surface area contributed by atoms with Crippen molar-refractivity contribution in [3.05, 3.63) is 58.1 Å². The van der Waals surface area contributed by atoms with Gasteiger partial charge < -0.3 is 21.5 Å². The summed E-state index contributed by atoms with van der Waals surface area (Å²) in [5, 5.41) is 16.2. The van der Waals surface area contributed by atoms with Crippen molar-refractivity contribution in [2.24, 2.45) is 5.73 Å². The number of hydrogen-bond donors (Lipinski definition) is 4. The van der Waals surface area contributed by atoms with Crippen molar-refractivity contribution in [2.45, 2.75) is 13.8 Å². The number of phenolic OH excluding ortho intramolecular Hbond substituents is 1. The predicted molar refractivity (Wildman–Crippen MR) is 104 cm³/mol. The first kappa shape index (κ1) is 19.3. The minimum Gasteiger partial charge on any atom is -0.507 e. The summed E-state index contributed by atoms with van der Waals surface area (Å²) in [5.41, 5.74) is 7.37. The molecule has 2 rings (SSSR count). The van der Waals surface area contributed by atoms with Gasteiger partial charge in [-0.05, 0) is 49.8 Å². The van der Waals surface area contributed by atoms with Gasteiger partial charge in [-0.1, -0.05) is 17.7 Å². The summed E-state index contributed by atoms with van der Waals surface area (Å²) in [5.74, 6) is -1.67. The van der Waals surface area contributed by atoms with Gasteiger partial charge in [-0.25, -0.2) is 0 Å². The number of benzene rings is 2. The number of nitrogens with two attached hydrogens (primary N) is 1. The third-order valence-electron chi connectivity index (χ3n) is 3.65. The molecule has 0 spiro atoms. The van der Waals surface area contributed by atoms with Crippen LogP contribution in [0.4, 0.5) is 11.4 Å². The van der Waals surface area contributed by atoms with Crippen molar-refractivity contribution < 1.29 is 14.7 Å². The molecule has 7 heteroatoms. The number of primary amides is 1. The topological polar surface area (TPSA) is 104 Å². The Labute approximate surface area is 156 Å². The molecule has 0 aromatic heterocycles. The van der Waals surface area contributed by atoms with E-state index in [-0.39, 0.29) is 11.3 Å². The van der Waals surface area contributed by atoms with Crippen LogP contribution in [0.15, 0.2) is 42.0 Å². The molecule has 0 saturated carbocycles. The van der Waals surface area contributed by atoms with Crippen LogP contribution in [-0.4, -0.2) is 23.5 Å². The van der Waals surface area contributed by atoms with E-state index in [2.05, 4.69) is 10.6 Å². The van der Waals surface area contributed by atoms with Gasteiger partial charge in [-0.15, -0.1) is 0 Å². The van der Waals surface area contributed by atoms with Gasteiger partial charge in [0, 0.05) is 34.6 Å². The highest BCUT2D eigenvalue weighted by Gasteiger charge is 2.17. The summed E-state index contributed by atoms with van der Waals surface area (Å²) in [6, 6.07) is 9.82. The lowest BCUT2D eigenvalue weighted by Gasteiger charge is -2.09. The van der Waals surface area contributed by atoms with E-state index in [1.807, 2.05) is 13.8 Å². The number of aromatic hydroxyl groups is 1. The molecule has 136 valence electrons. The largest absolute Gasteiger partial charge is 0.507 e. The Morgan fingerprint density at radius 1 is 1.19 bits per heavy atom. The zero-order valence-electron chi connectivity index (χ0n) is 14.5. The standard InChI is InChI=1S/C19H20ClN3O3/c1-3-22-13-7-5-12(17(24)10-13)8-15(18(21)25)19(26)23-14-6-4-11(2)16(20)9-14/h4-10,22,24H,3H2,1-2H3,(H2,21,25)(H,23,26)/b15-8-. The van der Waals surface area contributed by atoms with Gasteiger partial charge in [0.15, 0.2) is 0 Å². The molecule has 2 aromatic rings. The van der Waals surface area contributed by atoms with Gasteiger partial charge in [0.2, 0.25) is 0 Å². The highest BCUT2D eigenvalue weighted by Crippen LogP contribution is 2.25. The number of halogens is 1. The summed E-state index contributed by atoms with van der Waals surface area (Å²) in [6.45, 7) is 4.46. The molecule has 2 aromatic carbocycles. The Morgan fingerprint density at radius 3 is 2.46 bits per heavy atom. The predicted octanol–water partition coefficient (Wildman–Crippen LogP) is 3.29. The Balaban J connectivity index is 2.29. The van der Waals surface area contributed by atoms with Gasteiger partial charge in [0.1, 0.15) is 11.3 Å². The number of aryl methyl sites for hydroxylation is 1. The molecule has 0 fully saturated rings. The maximum Gasteiger partial charge on any atom is 0.261 e. The van der Waals surface area contributed by atoms with E-state index in [0.29, 0.717) is 22.8 Å². The molecule has 0 aliphatic rings. The van der Waals surface area contributed by atoms with Crippen molar-refractivity contribution in [2.75, 3.05) is 17.2 Å². The number of hydrogen-bond acceptors (Lipinski definition) is 4. The lowest BCUT2D eigenvalue weighted by Crippen LogP contribution is -2.25. The normalized spacial score (nSPS) is 11.1. The van der Waals surface area contributed by atoms with Gasteiger partial charge in [0.05, 0.1) is 0 Å². The molecular weight excluding hydrogens is 354 g/mol. The lowest BCUT2D eigenvalue weighted by atomic mass is 10.1. The second-order valence-electron chi connectivity index (χ2n) is 5.64. The summed E-state index contributed by atoms with van der Waals surface area (Å²) < 4.78 is 0. The molecule has 5 N–H and O–H groups in total. The minimum atomic E-state index is -0.907. The SMILES string of the molecule is CCNc1ccc(/C=C(/C(N)=O)C(=O)Nc2ccc(C)c(Cl)c2)c(O)c1. The fourth-order valence-electron chi connectivity index (χ4n) is 2.25. The fourth-order valence-corrected chi connectivity index (χ4v) is 2.43. The molecule has 0 saturated heterocycles. The van der Waals surface area contributed by atoms with Crippen LogP contribution in [0.2, 0.25) is 5.02 Å². The van der Waals surface area contributed by atoms with Crippen LogP contribution >= 0.6 is 11.6 Å². The lowest BCUT2D eigenvalue weighted by molar-refractivity contribution is -0.119. The van der Waals surface area contributed by atoms with Crippen LogP contribution < -0.4 is 16.4 Å². The zero-order chi connectivity index (χ0) is 19.3. The first-order chi connectivity index (χ1) is 12.3. The average molecular weight is 374 g/mol. The number of rotatable bonds is 6. The number of anilines is 2. The zero-order valence-corrected chi connectivity index (χ0v) is 15.2. The maximum atomic E-state index is 12.4. The molecule has 0 bridgehead atoms. The second-order valence-corrected chi connectivity index (χ2v) is 6.05. The summed E-state index contributed by atoms with van der Waals surface area (Å²) in [6.07, 6.45) is 1.25. The second kappa shape index (κ2) is 8.40. The van der Waals surface area contributed by atoms with Crippen LogP contribution in [0.3, 0.4) is 0 Å². The van der Waals surface area contributed by atoms with Crippen LogP contribution in [-0.2, 0) is 9.59 Å². The molecule has 2 amide bonds. The number of nitrogens with one attached hydrogen (secondary N) is 2. The van der Waals surface area contributed by atoms with Crippen LogP contribution in [0, 0.1) is 6.92 Å². The Kier molecular flexibility index (Phi) is 6.25. The van der Waals surface area contributed by atoms with E-state index in [0.717, 1.165) is 11.3 Å². The molecule has 0 aliphatic heterocycles. The molecule has 0 unspecified atom stereocenters. The molecule has 0 radical (unpaired) electrons. The smallest absolute Gasteiger partial charge is 0.261 e. The van der Waals surface area contributed by atoms with Crippen LogP contribution in [0.1, 0.15) is 18.1 Å². The van der Waals surface area contributed by atoms with Crippen molar-refractivity contribution >= 4 is 40.9 Å². The van der Waals surface area contributed by atoms with E-state index in [1.165, 1.54) is 12.1 Å². The van der Waals surface area contributed by atoms with E-state index < -0.39 is 11.8 Å². The van der Waals surface area contributed by atoms with Crippen LogP contribution in [0.5, 0.6) is 5.75 Å². The highest BCUT2D eigenvalue weighted by atomic mass is 35.5. The molecule has 6 nitrogen and oxygen atoms in total.